The number of likely N-dealkylation sites (tertiary alicyclic amines) is 1. The van der Waals surface area contributed by atoms with Gasteiger partial charge in [-0.15, -0.1) is 0 Å². The second kappa shape index (κ2) is 12.3. The van der Waals surface area contributed by atoms with Crippen molar-refractivity contribution < 1.29 is 33.8 Å². The predicted octanol–water partition coefficient (Wildman–Crippen LogP) is 1.41. The first-order chi connectivity index (χ1) is 20.2. The fourth-order valence-electron chi connectivity index (χ4n) is 6.64. The third kappa shape index (κ3) is 5.20. The van der Waals surface area contributed by atoms with Gasteiger partial charge in [0.25, 0.3) is 5.91 Å². The van der Waals surface area contributed by atoms with Crippen molar-refractivity contribution in [3.8, 4) is 0 Å². The van der Waals surface area contributed by atoms with Gasteiger partial charge in [0.1, 0.15) is 23.7 Å². The molecule has 1 aromatic rings. The molecular formula is C31H40N4O7. The summed E-state index contributed by atoms with van der Waals surface area (Å²) in [6.45, 7) is 7.42. The third-order valence-electron chi connectivity index (χ3n) is 8.67. The maximum atomic E-state index is 14.6. The molecule has 4 heterocycles. The number of ether oxygens (including phenoxy) is 2. The number of β-amino-alcohol motifs (C(OH)–C–C–N with tert-alkyl or cyclic N) is 1. The fraction of sp³-hybridized carbons (Fsp3) is 0.548. The van der Waals surface area contributed by atoms with Gasteiger partial charge in [0.15, 0.2) is 0 Å². The minimum Gasteiger partial charge on any atom is -0.460 e. The first-order valence-corrected chi connectivity index (χ1v) is 14.8. The van der Waals surface area contributed by atoms with Gasteiger partial charge in [-0.3, -0.25) is 19.2 Å². The smallest absolute Gasteiger partial charge is 0.313 e. The number of anilines is 2. The maximum Gasteiger partial charge on any atom is 0.313 e. The van der Waals surface area contributed by atoms with Crippen molar-refractivity contribution >= 4 is 35.1 Å². The van der Waals surface area contributed by atoms with E-state index in [2.05, 4.69) is 24.1 Å². The Kier molecular flexibility index (Phi) is 8.70. The highest BCUT2D eigenvalue weighted by Crippen LogP contribution is 2.55. The highest BCUT2D eigenvalue weighted by Gasteiger charge is 2.73. The Balaban J connectivity index is 1.56. The van der Waals surface area contributed by atoms with Crippen LogP contribution in [0.5, 0.6) is 0 Å². The van der Waals surface area contributed by atoms with E-state index < -0.39 is 47.6 Å². The molecule has 3 amide bonds. The number of nitrogens with zero attached hydrogens (tertiary/aromatic N) is 3. The Bertz CT molecular complexity index is 1260. The normalized spacial score (nSPS) is 32.1. The van der Waals surface area contributed by atoms with Crippen molar-refractivity contribution in [2.75, 3.05) is 49.1 Å². The first-order valence-electron chi connectivity index (χ1n) is 14.8. The van der Waals surface area contributed by atoms with Crippen molar-refractivity contribution in [3.63, 3.8) is 0 Å². The number of nitrogens with one attached hydrogen (secondary N) is 1. The van der Waals surface area contributed by atoms with Crippen LogP contribution in [0.2, 0.25) is 0 Å². The predicted molar refractivity (Wildman–Crippen MR) is 156 cm³/mol. The van der Waals surface area contributed by atoms with Gasteiger partial charge in [-0.2, -0.15) is 0 Å². The molecule has 11 heteroatoms. The van der Waals surface area contributed by atoms with Crippen molar-refractivity contribution in [3.05, 3.63) is 48.6 Å². The Labute approximate surface area is 246 Å². The highest BCUT2D eigenvalue weighted by molar-refractivity contribution is 6.05. The summed E-state index contributed by atoms with van der Waals surface area (Å²) >= 11 is 0. The number of fused-ring (bicyclic) bond motifs is 2. The molecule has 0 unspecified atom stereocenters. The molecule has 226 valence electrons. The largest absolute Gasteiger partial charge is 0.460 e. The molecule has 0 saturated carbocycles. The van der Waals surface area contributed by atoms with E-state index in [4.69, 9.17) is 9.47 Å². The second-order valence-corrected chi connectivity index (χ2v) is 11.2. The first kappa shape index (κ1) is 29.8. The van der Waals surface area contributed by atoms with Crippen LogP contribution in [0.4, 0.5) is 11.4 Å². The van der Waals surface area contributed by atoms with E-state index in [1.807, 2.05) is 36.4 Å². The molecule has 2 N–H and O–H groups in total. The maximum absolute atomic E-state index is 14.6. The van der Waals surface area contributed by atoms with Crippen LogP contribution >= 0.6 is 0 Å². The third-order valence-corrected chi connectivity index (χ3v) is 8.67. The van der Waals surface area contributed by atoms with Crippen LogP contribution in [-0.2, 0) is 28.7 Å². The number of carbonyl (C=O) groups is 4. The molecule has 1 spiro atoms. The molecular weight excluding hydrogens is 540 g/mol. The summed E-state index contributed by atoms with van der Waals surface area (Å²) < 4.78 is 12.0. The summed E-state index contributed by atoms with van der Waals surface area (Å²) in [6.07, 6.45) is 6.52. The van der Waals surface area contributed by atoms with E-state index in [0.29, 0.717) is 12.1 Å². The second-order valence-electron chi connectivity index (χ2n) is 11.2. The number of amides is 3. The highest BCUT2D eigenvalue weighted by atomic mass is 16.6. The number of cyclic esters (lactones) is 1. The Morgan fingerprint density at radius 2 is 1.81 bits per heavy atom. The lowest BCUT2D eigenvalue weighted by Gasteiger charge is -2.35. The molecule has 11 nitrogen and oxygen atoms in total. The summed E-state index contributed by atoms with van der Waals surface area (Å²) in [5, 5.41) is 12.7. The lowest BCUT2D eigenvalue weighted by Crippen LogP contribution is -2.56. The number of carbonyl (C=O) groups excluding carboxylic acids is 4. The van der Waals surface area contributed by atoms with Crippen LogP contribution in [-0.4, -0.2) is 96.9 Å². The number of aliphatic hydroxyl groups excluding tert-OH is 1. The number of hydrogen-bond donors (Lipinski definition) is 2. The van der Waals surface area contributed by atoms with Crippen molar-refractivity contribution in [2.45, 2.75) is 57.5 Å². The zero-order valence-electron chi connectivity index (χ0n) is 24.4. The minimum absolute atomic E-state index is 0.0792. The average molecular weight is 581 g/mol. The lowest BCUT2D eigenvalue weighted by molar-refractivity contribution is -0.158. The molecule has 5 rings (SSSR count). The summed E-state index contributed by atoms with van der Waals surface area (Å²) in [5.74, 6) is -3.51. The monoisotopic (exact) mass is 580 g/mol. The van der Waals surface area contributed by atoms with Crippen LogP contribution in [0.3, 0.4) is 0 Å². The van der Waals surface area contributed by atoms with Crippen LogP contribution in [0, 0.1) is 11.8 Å². The molecule has 4 aliphatic rings. The molecule has 0 aliphatic carbocycles. The zero-order valence-corrected chi connectivity index (χ0v) is 24.4. The van der Waals surface area contributed by atoms with E-state index in [9.17, 15) is 24.3 Å². The van der Waals surface area contributed by atoms with Crippen LogP contribution in [0.1, 0.15) is 33.6 Å². The number of esters is 1. The van der Waals surface area contributed by atoms with E-state index in [0.717, 1.165) is 18.8 Å². The van der Waals surface area contributed by atoms with Gasteiger partial charge in [0, 0.05) is 44.0 Å². The fourth-order valence-corrected chi connectivity index (χ4v) is 6.64. The summed E-state index contributed by atoms with van der Waals surface area (Å²) in [4.78, 5) is 59.4. The quantitative estimate of drug-likeness (QED) is 0.382. The van der Waals surface area contributed by atoms with Crippen molar-refractivity contribution in [1.82, 2.24) is 10.2 Å². The summed E-state index contributed by atoms with van der Waals surface area (Å²) in [6, 6.07) is 6.59. The van der Waals surface area contributed by atoms with Gasteiger partial charge >= 0.3 is 5.97 Å². The Morgan fingerprint density at radius 1 is 1.07 bits per heavy atom. The molecule has 0 radical (unpaired) electrons. The minimum atomic E-state index is -1.37. The summed E-state index contributed by atoms with van der Waals surface area (Å²) in [5.41, 5.74) is 0.288. The molecule has 1 aromatic carbocycles. The Morgan fingerprint density at radius 3 is 2.50 bits per heavy atom. The molecule has 0 aromatic heterocycles. The van der Waals surface area contributed by atoms with E-state index >= 15 is 0 Å². The van der Waals surface area contributed by atoms with Gasteiger partial charge in [0.05, 0.1) is 25.2 Å². The average Bonchev–Trinajstić information content (AvgIpc) is 3.62. The molecule has 5 bridgehead atoms. The van der Waals surface area contributed by atoms with Gasteiger partial charge in [0.2, 0.25) is 11.8 Å². The van der Waals surface area contributed by atoms with Crippen LogP contribution in [0.25, 0.3) is 0 Å². The van der Waals surface area contributed by atoms with Crippen molar-refractivity contribution in [1.29, 1.82) is 0 Å². The van der Waals surface area contributed by atoms with Gasteiger partial charge in [-0.25, -0.2) is 0 Å². The standard InChI is InChI=1S/C31H40N4O7/c1-4-33(5-2)21-10-12-22(13-11-21)34-16-8-6-7-9-24(37)32-19-20(3)41-30(40)25-23-14-15-31(42-23)26(25)28(38)35(17-18-36)27(31)29(34)39/h6,8,10-15,20,23,25-27,36H,4-5,7,9,16-19H2,1-3H3,(H,32,37)/b8-6-/t20-,23+,25-,26-,27+,31-/m0/s1. The Hall–Kier alpha value is -3.70. The number of aliphatic hydroxyl groups is 1. The number of allylic oxidation sites excluding steroid dienone is 1. The van der Waals surface area contributed by atoms with Gasteiger partial charge < -0.3 is 34.6 Å². The molecule has 2 fully saturated rings. The van der Waals surface area contributed by atoms with Crippen LogP contribution < -0.4 is 15.1 Å². The number of hydrogen-bond acceptors (Lipinski definition) is 8. The SMILES string of the molecule is CCN(CC)c1ccc(N2C/C=C\CCC(=O)NC[C@H](C)OC(=O)[C@@H]3[C@H]4C(=O)N(CCO)[C@H](C2=O)[C@]42C=C[C@H]3O2)cc1. The zero-order chi connectivity index (χ0) is 30.0. The molecule has 2 saturated heterocycles. The van der Waals surface area contributed by atoms with Crippen molar-refractivity contribution in [2.24, 2.45) is 11.8 Å². The topological polar surface area (TPSA) is 129 Å². The van der Waals surface area contributed by atoms with Crippen LogP contribution in [0.15, 0.2) is 48.6 Å². The van der Waals surface area contributed by atoms with E-state index in [1.54, 1.807) is 24.0 Å². The molecule has 6 atom stereocenters. The van der Waals surface area contributed by atoms with E-state index in [1.165, 1.54) is 4.90 Å². The van der Waals surface area contributed by atoms with Gasteiger partial charge in [-0.05, 0) is 51.5 Å². The summed E-state index contributed by atoms with van der Waals surface area (Å²) in [7, 11) is 0. The lowest BCUT2D eigenvalue weighted by atomic mass is 9.74. The molecule has 42 heavy (non-hydrogen) atoms. The van der Waals surface area contributed by atoms with Gasteiger partial charge in [-0.1, -0.05) is 24.3 Å². The number of benzene rings is 1. The molecule has 4 aliphatic heterocycles. The van der Waals surface area contributed by atoms with E-state index in [-0.39, 0.29) is 44.5 Å². The number of rotatable bonds is 6.